The molecule has 3 rings (SSSR count). The van der Waals surface area contributed by atoms with Crippen molar-refractivity contribution in [2.75, 3.05) is 7.11 Å². The molecule has 0 fully saturated rings. The van der Waals surface area contributed by atoms with Gasteiger partial charge < -0.3 is 14.3 Å². The van der Waals surface area contributed by atoms with Crippen molar-refractivity contribution < 1.29 is 19.1 Å². The second-order valence-electron chi connectivity index (χ2n) is 4.90. The molecule has 0 spiro atoms. The number of aromatic hydroxyl groups is 1. The molecule has 0 bridgehead atoms. The number of furan rings is 1. The largest absolute Gasteiger partial charge is 0.507 e. The zero-order valence-electron chi connectivity index (χ0n) is 11.5. The van der Waals surface area contributed by atoms with Crippen LogP contribution >= 0.6 is 0 Å². The minimum absolute atomic E-state index is 0.117. The molecule has 1 aromatic carbocycles. The normalized spacial score (nSPS) is 13.2. The SMILES string of the molecule is C=C1c2c(C)coc2C(=O)c2c(O)cc(OC)c(C)c21. The van der Waals surface area contributed by atoms with Crippen LogP contribution in [-0.4, -0.2) is 18.0 Å². The summed E-state index contributed by atoms with van der Waals surface area (Å²) in [5.41, 5.74) is 3.88. The summed E-state index contributed by atoms with van der Waals surface area (Å²) in [6, 6.07) is 1.44. The van der Waals surface area contributed by atoms with E-state index in [-0.39, 0.29) is 22.9 Å². The Morgan fingerprint density at radius 3 is 2.60 bits per heavy atom. The summed E-state index contributed by atoms with van der Waals surface area (Å²) in [5, 5.41) is 10.1. The number of fused-ring (bicyclic) bond motifs is 2. The molecule has 1 aromatic heterocycles. The van der Waals surface area contributed by atoms with Crippen molar-refractivity contribution >= 4 is 11.4 Å². The van der Waals surface area contributed by atoms with Gasteiger partial charge in [0.05, 0.1) is 18.9 Å². The molecule has 4 heteroatoms. The number of ketones is 1. The van der Waals surface area contributed by atoms with Gasteiger partial charge >= 0.3 is 0 Å². The molecule has 20 heavy (non-hydrogen) atoms. The molecular weight excluding hydrogens is 256 g/mol. The lowest BCUT2D eigenvalue weighted by Gasteiger charge is -2.22. The Kier molecular flexibility index (Phi) is 2.51. The number of phenols is 1. The average molecular weight is 270 g/mol. The molecule has 2 aromatic rings. The average Bonchev–Trinajstić information content (AvgIpc) is 2.80. The monoisotopic (exact) mass is 270 g/mol. The summed E-state index contributed by atoms with van der Waals surface area (Å²) >= 11 is 0. The molecule has 4 nitrogen and oxygen atoms in total. The Balaban J connectivity index is 2.40. The molecule has 0 amide bonds. The van der Waals surface area contributed by atoms with Gasteiger partial charge in [0.25, 0.3) is 0 Å². The van der Waals surface area contributed by atoms with E-state index in [0.717, 1.165) is 11.1 Å². The maximum absolute atomic E-state index is 12.5. The van der Waals surface area contributed by atoms with Crippen molar-refractivity contribution in [1.82, 2.24) is 0 Å². The first-order chi connectivity index (χ1) is 9.47. The summed E-state index contributed by atoms with van der Waals surface area (Å²) in [5.74, 6) is 0.326. The Hall–Kier alpha value is -2.49. The third-order valence-corrected chi connectivity index (χ3v) is 3.75. The van der Waals surface area contributed by atoms with Crippen molar-refractivity contribution in [1.29, 1.82) is 0 Å². The third-order valence-electron chi connectivity index (χ3n) is 3.75. The predicted molar refractivity (Wildman–Crippen MR) is 74.4 cm³/mol. The molecule has 102 valence electrons. The number of methoxy groups -OCH3 is 1. The molecule has 0 aliphatic heterocycles. The predicted octanol–water partition coefficient (Wildman–Crippen LogP) is 3.22. The summed E-state index contributed by atoms with van der Waals surface area (Å²) in [6.45, 7) is 7.77. The van der Waals surface area contributed by atoms with Crippen LogP contribution in [0.5, 0.6) is 11.5 Å². The fourth-order valence-electron chi connectivity index (χ4n) is 2.79. The number of ether oxygens (including phenoxy) is 1. The van der Waals surface area contributed by atoms with Crippen LogP contribution < -0.4 is 4.74 Å². The van der Waals surface area contributed by atoms with Gasteiger partial charge in [0, 0.05) is 17.2 Å². The van der Waals surface area contributed by atoms with Gasteiger partial charge in [-0.05, 0) is 30.5 Å². The highest BCUT2D eigenvalue weighted by atomic mass is 16.5. The Morgan fingerprint density at radius 2 is 1.95 bits per heavy atom. The molecule has 1 N–H and O–H groups in total. The van der Waals surface area contributed by atoms with Crippen molar-refractivity contribution in [3.05, 3.63) is 52.5 Å². The number of hydrogen-bond donors (Lipinski definition) is 1. The van der Waals surface area contributed by atoms with Crippen LogP contribution in [0, 0.1) is 13.8 Å². The van der Waals surface area contributed by atoms with Gasteiger partial charge in [-0.3, -0.25) is 4.79 Å². The van der Waals surface area contributed by atoms with Crippen molar-refractivity contribution in [3.8, 4) is 11.5 Å². The van der Waals surface area contributed by atoms with E-state index >= 15 is 0 Å². The highest BCUT2D eigenvalue weighted by Crippen LogP contribution is 2.45. The van der Waals surface area contributed by atoms with Gasteiger partial charge in [0.15, 0.2) is 5.76 Å². The minimum atomic E-state index is -0.321. The van der Waals surface area contributed by atoms with Crippen LogP contribution in [-0.2, 0) is 0 Å². The molecule has 1 aliphatic rings. The van der Waals surface area contributed by atoms with Crippen LogP contribution in [0.2, 0.25) is 0 Å². The van der Waals surface area contributed by atoms with Gasteiger partial charge in [0.1, 0.15) is 11.5 Å². The lowest BCUT2D eigenvalue weighted by atomic mass is 9.81. The van der Waals surface area contributed by atoms with E-state index in [1.807, 2.05) is 13.8 Å². The lowest BCUT2D eigenvalue weighted by Crippen LogP contribution is -2.15. The fourth-order valence-corrected chi connectivity index (χ4v) is 2.79. The van der Waals surface area contributed by atoms with Crippen LogP contribution in [0.15, 0.2) is 23.3 Å². The number of carbonyl (C=O) groups is 1. The maximum Gasteiger partial charge on any atom is 0.233 e. The molecule has 0 saturated heterocycles. The van der Waals surface area contributed by atoms with Crippen LogP contribution in [0.4, 0.5) is 0 Å². The zero-order chi connectivity index (χ0) is 14.6. The van der Waals surface area contributed by atoms with E-state index < -0.39 is 0 Å². The summed E-state index contributed by atoms with van der Waals surface area (Å²) in [7, 11) is 1.52. The highest BCUT2D eigenvalue weighted by molar-refractivity contribution is 6.19. The van der Waals surface area contributed by atoms with Crippen LogP contribution in [0.1, 0.15) is 38.4 Å². The maximum atomic E-state index is 12.5. The quantitative estimate of drug-likeness (QED) is 0.737. The summed E-state index contributed by atoms with van der Waals surface area (Å²) < 4.78 is 10.6. The van der Waals surface area contributed by atoms with Gasteiger partial charge in [-0.2, -0.15) is 0 Å². The number of phenolic OH excluding ortho intramolecular Hbond substituents is 1. The van der Waals surface area contributed by atoms with Gasteiger partial charge in [0.2, 0.25) is 5.78 Å². The Labute approximate surface area is 116 Å². The number of aryl methyl sites for hydroxylation is 1. The molecule has 0 unspecified atom stereocenters. The molecule has 0 atom stereocenters. The first-order valence-corrected chi connectivity index (χ1v) is 6.20. The summed E-state index contributed by atoms with van der Waals surface area (Å²) in [4.78, 5) is 12.5. The van der Waals surface area contributed by atoms with E-state index in [1.165, 1.54) is 19.4 Å². The first kappa shape index (κ1) is 12.5. The van der Waals surface area contributed by atoms with Crippen molar-refractivity contribution in [3.63, 3.8) is 0 Å². The van der Waals surface area contributed by atoms with E-state index in [0.29, 0.717) is 22.4 Å². The van der Waals surface area contributed by atoms with Crippen molar-refractivity contribution in [2.24, 2.45) is 0 Å². The van der Waals surface area contributed by atoms with Crippen molar-refractivity contribution in [2.45, 2.75) is 13.8 Å². The first-order valence-electron chi connectivity index (χ1n) is 6.20. The number of carbonyl (C=O) groups excluding carboxylic acids is 1. The van der Waals surface area contributed by atoms with E-state index in [9.17, 15) is 9.90 Å². The molecular formula is C16H14O4. The lowest BCUT2D eigenvalue weighted by molar-refractivity contribution is 0.100. The van der Waals surface area contributed by atoms with Crippen LogP contribution in [0.3, 0.4) is 0 Å². The number of rotatable bonds is 1. The van der Waals surface area contributed by atoms with Crippen LogP contribution in [0.25, 0.3) is 5.57 Å². The highest BCUT2D eigenvalue weighted by Gasteiger charge is 2.35. The van der Waals surface area contributed by atoms with Gasteiger partial charge in [-0.15, -0.1) is 0 Å². The molecule has 1 aliphatic carbocycles. The second kappa shape index (κ2) is 4.00. The molecule has 1 heterocycles. The minimum Gasteiger partial charge on any atom is -0.507 e. The number of hydrogen-bond acceptors (Lipinski definition) is 4. The topological polar surface area (TPSA) is 59.7 Å². The Morgan fingerprint density at radius 1 is 1.25 bits per heavy atom. The van der Waals surface area contributed by atoms with E-state index in [2.05, 4.69) is 6.58 Å². The molecule has 0 saturated carbocycles. The molecule has 0 radical (unpaired) electrons. The Bertz CT molecular complexity index is 765. The standard InChI is InChI=1S/C16H14O4/c1-7-6-20-16-12(7)9(3)13-8(2)11(19-4)5-10(17)14(13)15(16)18/h5-6,17H,3H2,1-2,4H3. The van der Waals surface area contributed by atoms with Gasteiger partial charge in [-0.1, -0.05) is 6.58 Å². The third kappa shape index (κ3) is 1.39. The van der Waals surface area contributed by atoms with E-state index in [4.69, 9.17) is 9.15 Å². The van der Waals surface area contributed by atoms with E-state index in [1.54, 1.807) is 0 Å². The zero-order valence-corrected chi connectivity index (χ0v) is 11.5. The summed E-state index contributed by atoms with van der Waals surface area (Å²) in [6.07, 6.45) is 1.53. The second-order valence-corrected chi connectivity index (χ2v) is 4.90. The number of benzene rings is 1. The van der Waals surface area contributed by atoms with Gasteiger partial charge in [-0.25, -0.2) is 0 Å². The fraction of sp³-hybridized carbons (Fsp3) is 0.188. The smallest absolute Gasteiger partial charge is 0.233 e.